The van der Waals surface area contributed by atoms with Gasteiger partial charge >= 0.3 is 0 Å². The van der Waals surface area contributed by atoms with Crippen molar-refractivity contribution in [1.29, 1.82) is 0 Å². The first-order valence-electron chi connectivity index (χ1n) is 8.53. The third-order valence-electron chi connectivity index (χ3n) is 6.95. The highest BCUT2D eigenvalue weighted by atomic mass is 16.6. The lowest BCUT2D eigenvalue weighted by Crippen LogP contribution is -2.79. The van der Waals surface area contributed by atoms with Gasteiger partial charge in [-0.05, 0) is 18.1 Å². The summed E-state index contributed by atoms with van der Waals surface area (Å²) in [4.78, 5) is 12.7. The Labute approximate surface area is 140 Å². The summed E-state index contributed by atoms with van der Waals surface area (Å²) in [6.07, 6.45) is 0.857. The lowest BCUT2D eigenvalue weighted by molar-refractivity contribution is -0.904. The molecule has 0 unspecified atom stereocenters. The van der Waals surface area contributed by atoms with Crippen molar-refractivity contribution in [3.63, 3.8) is 0 Å². The number of Topliss-reactive ketones (excluding diaryl/α,β-unsaturated/α-hetero) is 1. The minimum Gasteiger partial charge on any atom is -0.633 e. The van der Waals surface area contributed by atoms with E-state index in [1.807, 2.05) is 12.1 Å². The molecule has 1 spiro atoms. The average Bonchev–Trinajstić information content (AvgIpc) is 2.90. The molecule has 1 saturated carbocycles. The van der Waals surface area contributed by atoms with Crippen LogP contribution in [0, 0.1) is 5.21 Å². The minimum atomic E-state index is -1.20. The zero-order valence-corrected chi connectivity index (χ0v) is 13.9. The van der Waals surface area contributed by atoms with E-state index < -0.39 is 27.8 Å². The molecular formula is C18H21NO5. The normalized spacial score (nSPS) is 44.8. The van der Waals surface area contributed by atoms with Crippen LogP contribution in [0.1, 0.15) is 30.4 Å². The number of carbonyl (C=O) groups excluding carboxylic acids is 1. The number of carbonyl (C=O) groups is 1. The van der Waals surface area contributed by atoms with E-state index >= 15 is 0 Å². The molecule has 6 heteroatoms. The summed E-state index contributed by atoms with van der Waals surface area (Å²) in [5.74, 6) is 1.21. The van der Waals surface area contributed by atoms with Gasteiger partial charge in [-0.3, -0.25) is 4.79 Å². The SMILES string of the molecule is COc1ccc2c3c1O[C@H]1C(=O)CC[C@@]4(O)[C@@H](C2)[N@+](C)([O-])CC[C@]314. The topological polar surface area (TPSA) is 78.8 Å². The van der Waals surface area contributed by atoms with Gasteiger partial charge in [0.25, 0.3) is 0 Å². The van der Waals surface area contributed by atoms with Crippen molar-refractivity contribution in [2.75, 3.05) is 20.7 Å². The number of piperidine rings is 1. The Bertz CT molecular complexity index is 775. The van der Waals surface area contributed by atoms with E-state index in [9.17, 15) is 15.1 Å². The summed E-state index contributed by atoms with van der Waals surface area (Å²) >= 11 is 0. The van der Waals surface area contributed by atoms with Crippen molar-refractivity contribution in [2.45, 2.75) is 48.8 Å². The Hall–Kier alpha value is -1.63. The summed E-state index contributed by atoms with van der Waals surface area (Å²) in [7, 11) is 3.22. The molecule has 6 nitrogen and oxygen atoms in total. The Balaban J connectivity index is 1.86. The van der Waals surface area contributed by atoms with Crippen LogP contribution in [0.3, 0.4) is 0 Å². The van der Waals surface area contributed by atoms with Crippen LogP contribution in [0.2, 0.25) is 0 Å². The first kappa shape index (κ1) is 14.7. The fourth-order valence-electron chi connectivity index (χ4n) is 5.86. The molecule has 1 aromatic rings. The van der Waals surface area contributed by atoms with Gasteiger partial charge < -0.3 is 24.4 Å². The number of likely N-dealkylation sites (tertiary alicyclic amines) is 1. The molecule has 2 heterocycles. The largest absolute Gasteiger partial charge is 0.633 e. The van der Waals surface area contributed by atoms with Gasteiger partial charge in [0.2, 0.25) is 0 Å². The lowest BCUT2D eigenvalue weighted by atomic mass is 9.49. The number of likely N-dealkylation sites (N-methyl/N-ethyl adjacent to an activating group) is 1. The van der Waals surface area contributed by atoms with Gasteiger partial charge in [0.1, 0.15) is 11.6 Å². The van der Waals surface area contributed by atoms with Crippen molar-refractivity contribution >= 4 is 5.78 Å². The van der Waals surface area contributed by atoms with Crippen LogP contribution >= 0.6 is 0 Å². The van der Waals surface area contributed by atoms with Crippen molar-refractivity contribution in [3.05, 3.63) is 28.5 Å². The van der Waals surface area contributed by atoms with Gasteiger partial charge in [0.15, 0.2) is 23.4 Å². The second-order valence-electron chi connectivity index (χ2n) is 7.86. The minimum absolute atomic E-state index is 0.0199. The fourth-order valence-corrected chi connectivity index (χ4v) is 5.86. The number of ether oxygens (including phenoxy) is 2. The molecule has 128 valence electrons. The molecular weight excluding hydrogens is 310 g/mol. The van der Waals surface area contributed by atoms with E-state index in [0.29, 0.717) is 37.3 Å². The number of rotatable bonds is 1. The van der Waals surface area contributed by atoms with Gasteiger partial charge in [-0.15, -0.1) is 0 Å². The molecule has 2 bridgehead atoms. The molecule has 24 heavy (non-hydrogen) atoms. The Morgan fingerprint density at radius 3 is 2.96 bits per heavy atom. The van der Waals surface area contributed by atoms with Gasteiger partial charge in [0, 0.05) is 24.8 Å². The van der Waals surface area contributed by atoms with Gasteiger partial charge in [-0.25, -0.2) is 0 Å². The third-order valence-corrected chi connectivity index (χ3v) is 6.95. The Morgan fingerprint density at radius 1 is 1.42 bits per heavy atom. The molecule has 0 amide bonds. The first-order valence-corrected chi connectivity index (χ1v) is 8.53. The number of hydrogen-bond donors (Lipinski definition) is 1. The zero-order valence-electron chi connectivity index (χ0n) is 13.9. The number of hydroxylamine groups is 3. The van der Waals surface area contributed by atoms with E-state index in [0.717, 1.165) is 11.1 Å². The molecule has 2 aliphatic carbocycles. The molecule has 0 aromatic heterocycles. The number of quaternary nitrogens is 1. The second-order valence-corrected chi connectivity index (χ2v) is 7.86. The van der Waals surface area contributed by atoms with E-state index in [1.54, 1.807) is 14.2 Å². The highest BCUT2D eigenvalue weighted by molar-refractivity contribution is 5.90. The van der Waals surface area contributed by atoms with E-state index in [2.05, 4.69) is 0 Å². The third kappa shape index (κ3) is 1.35. The summed E-state index contributed by atoms with van der Waals surface area (Å²) in [6, 6.07) is 3.33. The van der Waals surface area contributed by atoms with Crippen LogP contribution in [-0.2, 0) is 16.6 Å². The predicted octanol–water partition coefficient (Wildman–Crippen LogP) is 1.06. The second kappa shape index (κ2) is 4.12. The number of hydrogen-bond acceptors (Lipinski definition) is 5. The predicted molar refractivity (Wildman–Crippen MR) is 84.8 cm³/mol. The highest BCUT2D eigenvalue weighted by Gasteiger charge is 2.75. The maximum atomic E-state index is 13.1. The van der Waals surface area contributed by atoms with Crippen LogP contribution in [0.25, 0.3) is 0 Å². The van der Waals surface area contributed by atoms with Crippen molar-refractivity contribution in [3.8, 4) is 11.5 Å². The van der Waals surface area contributed by atoms with Crippen LogP contribution < -0.4 is 9.47 Å². The maximum Gasteiger partial charge on any atom is 0.174 e. The number of methoxy groups -OCH3 is 1. The Morgan fingerprint density at radius 2 is 2.21 bits per heavy atom. The summed E-state index contributed by atoms with van der Waals surface area (Å²) < 4.78 is 11.1. The van der Waals surface area contributed by atoms with Gasteiger partial charge in [-0.2, -0.15) is 0 Å². The van der Waals surface area contributed by atoms with Gasteiger partial charge in [-0.1, -0.05) is 6.07 Å². The van der Waals surface area contributed by atoms with Gasteiger partial charge in [0.05, 0.1) is 26.1 Å². The van der Waals surface area contributed by atoms with Crippen molar-refractivity contribution in [1.82, 2.24) is 0 Å². The smallest absolute Gasteiger partial charge is 0.174 e. The molecule has 2 aliphatic heterocycles. The van der Waals surface area contributed by atoms with Crippen LogP contribution in [0.15, 0.2) is 12.1 Å². The van der Waals surface area contributed by atoms with Crippen LogP contribution in [0.4, 0.5) is 0 Å². The molecule has 0 radical (unpaired) electrons. The van der Waals surface area contributed by atoms with Crippen molar-refractivity contribution < 1.29 is 24.0 Å². The molecule has 4 aliphatic rings. The summed E-state index contributed by atoms with van der Waals surface area (Å²) in [5.41, 5.74) is -0.0756. The number of ketones is 1. The van der Waals surface area contributed by atoms with E-state index in [4.69, 9.17) is 9.47 Å². The number of benzene rings is 1. The zero-order chi connectivity index (χ0) is 16.9. The lowest BCUT2D eigenvalue weighted by Gasteiger charge is -2.65. The molecule has 5 rings (SSSR count). The summed E-state index contributed by atoms with van der Waals surface area (Å²) in [6.45, 7) is 0.385. The number of aliphatic hydroxyl groups is 1. The standard InChI is InChI=1S/C18H21NO5/c1-19(22)8-7-17-14-10-3-4-12(23-2)15(14)24-16(17)11(20)5-6-18(17,21)13(19)9-10/h3-4,13,16,21H,5-9H2,1-2H3/t13-,16+,17+,18-,19-/m1/s1. The number of nitrogens with zero attached hydrogens (tertiary/aromatic N) is 1. The quantitative estimate of drug-likeness (QED) is 0.615. The van der Waals surface area contributed by atoms with E-state index in [-0.39, 0.29) is 12.2 Å². The summed E-state index contributed by atoms with van der Waals surface area (Å²) in [5, 5.41) is 24.8. The van der Waals surface area contributed by atoms with Crippen molar-refractivity contribution in [2.24, 2.45) is 0 Å². The van der Waals surface area contributed by atoms with E-state index in [1.165, 1.54) is 0 Å². The monoisotopic (exact) mass is 331 g/mol. The molecule has 1 N–H and O–H groups in total. The molecule has 5 atom stereocenters. The fraction of sp³-hybridized carbons (Fsp3) is 0.611. The van der Waals surface area contributed by atoms with Crippen LogP contribution in [-0.4, -0.2) is 54.0 Å². The Kier molecular flexibility index (Phi) is 2.52. The molecule has 2 fully saturated rings. The average molecular weight is 331 g/mol. The maximum absolute atomic E-state index is 13.1. The molecule has 1 saturated heterocycles. The first-order chi connectivity index (χ1) is 11.3. The molecule has 1 aromatic carbocycles. The highest BCUT2D eigenvalue weighted by Crippen LogP contribution is 2.65. The van der Waals surface area contributed by atoms with Crippen LogP contribution in [0.5, 0.6) is 11.5 Å².